The lowest BCUT2D eigenvalue weighted by Crippen LogP contribution is -2.23. The van der Waals surface area contributed by atoms with Crippen molar-refractivity contribution < 1.29 is 4.79 Å². The van der Waals surface area contributed by atoms with Gasteiger partial charge >= 0.3 is 0 Å². The van der Waals surface area contributed by atoms with Crippen LogP contribution in [0.5, 0.6) is 0 Å². The number of nitrogens with one attached hydrogen (secondary N) is 1. The van der Waals surface area contributed by atoms with E-state index in [4.69, 9.17) is 5.73 Å². The summed E-state index contributed by atoms with van der Waals surface area (Å²) in [5.74, 6) is 0.0855. The van der Waals surface area contributed by atoms with Gasteiger partial charge < -0.3 is 16.0 Å². The monoisotopic (exact) mass is 208 g/mol. The summed E-state index contributed by atoms with van der Waals surface area (Å²) in [6.45, 7) is 1.60. The van der Waals surface area contributed by atoms with Gasteiger partial charge in [0.1, 0.15) is 5.82 Å². The lowest BCUT2D eigenvalue weighted by Gasteiger charge is -2.12. The van der Waals surface area contributed by atoms with Gasteiger partial charge in [-0.1, -0.05) is 0 Å². The Kier molecular flexibility index (Phi) is 4.05. The predicted molar refractivity (Wildman–Crippen MR) is 59.8 cm³/mol. The van der Waals surface area contributed by atoms with E-state index in [2.05, 4.69) is 10.3 Å². The Morgan fingerprint density at radius 2 is 2.33 bits per heavy atom. The van der Waals surface area contributed by atoms with Crippen LogP contribution < -0.4 is 11.1 Å². The predicted octanol–water partition coefficient (Wildman–Crippen LogP) is 0.154. The van der Waals surface area contributed by atoms with E-state index in [1.54, 1.807) is 18.3 Å². The second-order valence-corrected chi connectivity index (χ2v) is 3.49. The van der Waals surface area contributed by atoms with Crippen molar-refractivity contribution in [1.82, 2.24) is 9.88 Å². The molecule has 0 fully saturated rings. The highest BCUT2D eigenvalue weighted by Gasteiger charge is 2.07. The molecule has 1 aromatic heterocycles. The molecule has 0 aliphatic rings. The van der Waals surface area contributed by atoms with Gasteiger partial charge in [0.25, 0.3) is 5.91 Å². The van der Waals surface area contributed by atoms with Crippen LogP contribution in [-0.4, -0.2) is 43.0 Å². The Labute approximate surface area is 89.3 Å². The van der Waals surface area contributed by atoms with Crippen LogP contribution in [0.25, 0.3) is 0 Å². The average molecular weight is 208 g/mol. The normalized spacial score (nSPS) is 10.3. The summed E-state index contributed by atoms with van der Waals surface area (Å²) >= 11 is 0. The van der Waals surface area contributed by atoms with Crippen molar-refractivity contribution in [2.75, 3.05) is 32.5 Å². The Morgan fingerprint density at radius 3 is 2.93 bits per heavy atom. The molecule has 3 N–H and O–H groups in total. The highest BCUT2D eigenvalue weighted by Crippen LogP contribution is 2.09. The summed E-state index contributed by atoms with van der Waals surface area (Å²) < 4.78 is 0. The SMILES string of the molecule is CN(C)CCNc1ncccc1C(N)=O. The molecular formula is C10H16N4O. The molecule has 0 radical (unpaired) electrons. The molecule has 5 heteroatoms. The summed E-state index contributed by atoms with van der Waals surface area (Å²) in [4.78, 5) is 17.2. The van der Waals surface area contributed by atoms with E-state index in [0.717, 1.165) is 13.1 Å². The van der Waals surface area contributed by atoms with Crippen LogP contribution in [0.15, 0.2) is 18.3 Å². The van der Waals surface area contributed by atoms with Gasteiger partial charge in [-0.3, -0.25) is 4.79 Å². The number of nitrogens with zero attached hydrogens (tertiary/aromatic N) is 2. The molecule has 1 rings (SSSR count). The summed E-state index contributed by atoms with van der Waals surface area (Å²) in [6, 6.07) is 3.35. The topological polar surface area (TPSA) is 71.2 Å². The van der Waals surface area contributed by atoms with Crippen molar-refractivity contribution in [3.63, 3.8) is 0 Å². The van der Waals surface area contributed by atoms with Crippen LogP contribution in [-0.2, 0) is 0 Å². The number of hydrogen-bond donors (Lipinski definition) is 2. The molecule has 15 heavy (non-hydrogen) atoms. The molecule has 0 unspecified atom stereocenters. The molecule has 1 aromatic rings. The first-order valence-electron chi connectivity index (χ1n) is 4.74. The molecule has 1 amide bonds. The van der Waals surface area contributed by atoms with Gasteiger partial charge in [0.2, 0.25) is 0 Å². The second-order valence-electron chi connectivity index (χ2n) is 3.49. The number of carbonyl (C=O) groups is 1. The lowest BCUT2D eigenvalue weighted by molar-refractivity contribution is 0.100. The van der Waals surface area contributed by atoms with Gasteiger partial charge in [-0.05, 0) is 26.2 Å². The molecule has 0 saturated carbocycles. The summed E-state index contributed by atoms with van der Waals surface area (Å²) in [7, 11) is 3.96. The van der Waals surface area contributed by atoms with E-state index in [0.29, 0.717) is 11.4 Å². The molecule has 0 atom stereocenters. The number of anilines is 1. The number of nitrogens with two attached hydrogens (primary N) is 1. The number of pyridine rings is 1. The van der Waals surface area contributed by atoms with E-state index < -0.39 is 5.91 Å². The molecule has 82 valence electrons. The van der Waals surface area contributed by atoms with Crippen molar-refractivity contribution in [2.24, 2.45) is 5.73 Å². The summed E-state index contributed by atoms with van der Waals surface area (Å²) in [5, 5.41) is 3.07. The molecule has 0 saturated heterocycles. The van der Waals surface area contributed by atoms with Crippen LogP contribution in [0.3, 0.4) is 0 Å². The zero-order valence-corrected chi connectivity index (χ0v) is 9.03. The van der Waals surface area contributed by atoms with E-state index in [-0.39, 0.29) is 0 Å². The number of hydrogen-bond acceptors (Lipinski definition) is 4. The van der Waals surface area contributed by atoms with E-state index >= 15 is 0 Å². The quantitative estimate of drug-likeness (QED) is 0.722. The fraction of sp³-hybridized carbons (Fsp3) is 0.400. The zero-order chi connectivity index (χ0) is 11.3. The van der Waals surface area contributed by atoms with Crippen LogP contribution >= 0.6 is 0 Å². The molecule has 5 nitrogen and oxygen atoms in total. The molecule has 0 aromatic carbocycles. The number of aromatic nitrogens is 1. The first-order valence-corrected chi connectivity index (χ1v) is 4.74. The molecule has 0 aliphatic heterocycles. The molecule has 0 spiro atoms. The Balaban J connectivity index is 2.63. The standard InChI is InChI=1S/C10H16N4O/c1-14(2)7-6-13-10-8(9(11)15)4-3-5-12-10/h3-5H,6-7H2,1-2H3,(H2,11,15)(H,12,13). The minimum absolute atomic E-state index is 0.427. The van der Waals surface area contributed by atoms with Crippen molar-refractivity contribution in [3.05, 3.63) is 23.9 Å². The number of amides is 1. The van der Waals surface area contributed by atoms with Gasteiger partial charge in [0.15, 0.2) is 0 Å². The summed E-state index contributed by atoms with van der Waals surface area (Å²) in [5.41, 5.74) is 5.64. The third-order valence-corrected chi connectivity index (χ3v) is 1.92. The van der Waals surface area contributed by atoms with E-state index in [1.165, 1.54) is 0 Å². The molecule has 0 aliphatic carbocycles. The fourth-order valence-corrected chi connectivity index (χ4v) is 1.14. The van der Waals surface area contributed by atoms with Gasteiger partial charge in [-0.2, -0.15) is 0 Å². The van der Waals surface area contributed by atoms with Crippen molar-refractivity contribution in [3.8, 4) is 0 Å². The third kappa shape index (κ3) is 3.55. The molecule has 0 bridgehead atoms. The van der Waals surface area contributed by atoms with Crippen molar-refractivity contribution in [1.29, 1.82) is 0 Å². The van der Waals surface area contributed by atoms with Crippen molar-refractivity contribution >= 4 is 11.7 Å². The Morgan fingerprint density at radius 1 is 1.60 bits per heavy atom. The largest absolute Gasteiger partial charge is 0.368 e. The van der Waals surface area contributed by atoms with Gasteiger partial charge in [0, 0.05) is 19.3 Å². The first kappa shape index (κ1) is 11.5. The molecule has 1 heterocycles. The molecular weight excluding hydrogens is 192 g/mol. The highest BCUT2D eigenvalue weighted by molar-refractivity contribution is 5.97. The van der Waals surface area contributed by atoms with Crippen LogP contribution in [0.1, 0.15) is 10.4 Å². The van der Waals surface area contributed by atoms with Crippen LogP contribution in [0.2, 0.25) is 0 Å². The number of primary amides is 1. The van der Waals surface area contributed by atoms with Gasteiger partial charge in [-0.25, -0.2) is 4.98 Å². The second kappa shape index (κ2) is 5.31. The van der Waals surface area contributed by atoms with Crippen LogP contribution in [0, 0.1) is 0 Å². The minimum atomic E-state index is -0.463. The van der Waals surface area contributed by atoms with E-state index in [1.807, 2.05) is 19.0 Å². The lowest BCUT2D eigenvalue weighted by atomic mass is 10.2. The van der Waals surface area contributed by atoms with Crippen molar-refractivity contribution in [2.45, 2.75) is 0 Å². The number of rotatable bonds is 5. The van der Waals surface area contributed by atoms with Gasteiger partial charge in [0.05, 0.1) is 5.56 Å². The number of carbonyl (C=O) groups excluding carboxylic acids is 1. The zero-order valence-electron chi connectivity index (χ0n) is 9.03. The first-order chi connectivity index (χ1) is 7.11. The number of likely N-dealkylation sites (N-methyl/N-ethyl adjacent to an activating group) is 1. The third-order valence-electron chi connectivity index (χ3n) is 1.92. The average Bonchev–Trinajstić information content (AvgIpc) is 2.17. The van der Waals surface area contributed by atoms with Crippen LogP contribution in [0.4, 0.5) is 5.82 Å². The summed E-state index contributed by atoms with van der Waals surface area (Å²) in [6.07, 6.45) is 1.63. The maximum atomic E-state index is 11.1. The maximum Gasteiger partial charge on any atom is 0.252 e. The maximum absolute atomic E-state index is 11.1. The smallest absolute Gasteiger partial charge is 0.252 e. The Bertz CT molecular complexity index is 338. The highest BCUT2D eigenvalue weighted by atomic mass is 16.1. The minimum Gasteiger partial charge on any atom is -0.368 e. The Hall–Kier alpha value is -1.62. The van der Waals surface area contributed by atoms with Gasteiger partial charge in [-0.15, -0.1) is 0 Å². The fourth-order valence-electron chi connectivity index (χ4n) is 1.14. The van der Waals surface area contributed by atoms with E-state index in [9.17, 15) is 4.79 Å².